The van der Waals surface area contributed by atoms with Crippen molar-refractivity contribution >= 4 is 23.3 Å². The molecule has 5 rings (SSSR count). The Balaban J connectivity index is 1.43. The van der Waals surface area contributed by atoms with Crippen LogP contribution in [0.4, 0.5) is 5.82 Å². The molecule has 0 radical (unpaired) electrons. The van der Waals surface area contributed by atoms with Crippen molar-refractivity contribution in [2.45, 2.75) is 38.6 Å². The van der Waals surface area contributed by atoms with Crippen molar-refractivity contribution in [2.75, 3.05) is 18.4 Å². The van der Waals surface area contributed by atoms with E-state index in [9.17, 15) is 4.79 Å². The van der Waals surface area contributed by atoms with E-state index < -0.39 is 0 Å². The highest BCUT2D eigenvalue weighted by molar-refractivity contribution is 6.29. The van der Waals surface area contributed by atoms with Crippen molar-refractivity contribution in [2.24, 2.45) is 5.41 Å². The molecule has 1 aliphatic carbocycles. The molecule has 164 valence electrons. The van der Waals surface area contributed by atoms with Gasteiger partial charge < -0.3 is 10.2 Å². The Morgan fingerprint density at radius 1 is 1.16 bits per heavy atom. The predicted molar refractivity (Wildman–Crippen MR) is 126 cm³/mol. The third-order valence-electron chi connectivity index (χ3n) is 6.66. The molecular weight excluding hydrogens is 422 g/mol. The summed E-state index contributed by atoms with van der Waals surface area (Å²) in [7, 11) is 0. The van der Waals surface area contributed by atoms with E-state index in [1.807, 2.05) is 42.2 Å². The van der Waals surface area contributed by atoms with Crippen LogP contribution in [0.25, 0.3) is 11.4 Å². The molecule has 2 aromatic heterocycles. The molecular formula is C25H26ClN5O. The normalized spacial score (nSPS) is 19.1. The second-order valence-corrected chi connectivity index (χ2v) is 9.34. The Morgan fingerprint density at radius 2 is 1.97 bits per heavy atom. The van der Waals surface area contributed by atoms with E-state index >= 15 is 0 Å². The van der Waals surface area contributed by atoms with Gasteiger partial charge in [0.2, 0.25) is 0 Å². The lowest BCUT2D eigenvalue weighted by Gasteiger charge is -2.40. The molecule has 1 spiro atoms. The van der Waals surface area contributed by atoms with Gasteiger partial charge in [-0.25, -0.2) is 15.0 Å². The number of piperidine rings is 1. The number of likely N-dealkylation sites (tertiary alicyclic amines) is 1. The molecule has 2 fully saturated rings. The first-order valence-corrected chi connectivity index (χ1v) is 11.5. The van der Waals surface area contributed by atoms with Gasteiger partial charge in [-0.2, -0.15) is 0 Å². The van der Waals surface area contributed by atoms with Crippen LogP contribution in [0.3, 0.4) is 0 Å². The number of pyridine rings is 1. The number of nitrogens with zero attached hydrogens (tertiary/aromatic N) is 4. The quantitative estimate of drug-likeness (QED) is 0.557. The predicted octanol–water partition coefficient (Wildman–Crippen LogP) is 5.00. The minimum Gasteiger partial charge on any atom is -0.368 e. The topological polar surface area (TPSA) is 71.0 Å². The maximum atomic E-state index is 13.9. The lowest BCUT2D eigenvalue weighted by Crippen LogP contribution is -2.50. The van der Waals surface area contributed by atoms with Gasteiger partial charge in [0, 0.05) is 37.1 Å². The molecule has 32 heavy (non-hydrogen) atoms. The number of hydrogen-bond donors (Lipinski definition) is 1. The number of benzene rings is 1. The van der Waals surface area contributed by atoms with E-state index in [1.54, 1.807) is 24.5 Å². The average molecular weight is 448 g/mol. The maximum Gasteiger partial charge on any atom is 0.254 e. The summed E-state index contributed by atoms with van der Waals surface area (Å²) < 4.78 is 0. The first kappa shape index (κ1) is 20.9. The van der Waals surface area contributed by atoms with Crippen molar-refractivity contribution in [3.63, 3.8) is 0 Å². The maximum absolute atomic E-state index is 13.9. The van der Waals surface area contributed by atoms with Crippen LogP contribution in [0.1, 0.15) is 41.6 Å². The molecule has 3 heterocycles. The zero-order chi connectivity index (χ0) is 22.1. The molecule has 2 aliphatic rings. The van der Waals surface area contributed by atoms with Crippen LogP contribution in [0, 0.1) is 12.3 Å². The largest absolute Gasteiger partial charge is 0.368 e. The summed E-state index contributed by atoms with van der Waals surface area (Å²) >= 11 is 6.04. The highest BCUT2D eigenvalue weighted by atomic mass is 35.5. The van der Waals surface area contributed by atoms with Crippen LogP contribution in [-0.2, 0) is 0 Å². The molecule has 1 saturated carbocycles. The summed E-state index contributed by atoms with van der Waals surface area (Å²) in [6, 6.07) is 13.3. The van der Waals surface area contributed by atoms with Crippen molar-refractivity contribution in [3.8, 4) is 11.4 Å². The lowest BCUT2D eigenvalue weighted by atomic mass is 9.87. The number of aromatic nitrogens is 3. The van der Waals surface area contributed by atoms with Gasteiger partial charge in [-0.1, -0.05) is 35.4 Å². The number of hydrogen-bond acceptors (Lipinski definition) is 5. The Labute approximate surface area is 193 Å². The monoisotopic (exact) mass is 447 g/mol. The number of anilines is 1. The summed E-state index contributed by atoms with van der Waals surface area (Å²) in [6.07, 6.45) is 8.00. The van der Waals surface area contributed by atoms with Gasteiger partial charge in [0.05, 0.1) is 5.56 Å². The standard InChI is InChI=1S/C25H26ClN5O/c1-17-6-7-19(23-27-11-3-12-28-23)20(14-17)24(32)31-13-10-25(8-9-25)15-18(31)16-29-22-5-2-4-21(26)30-22/h2-7,11-12,14,18H,8-10,13,15-16H2,1H3,(H,29,30). The van der Waals surface area contributed by atoms with Crippen LogP contribution in [0.5, 0.6) is 0 Å². The third kappa shape index (κ3) is 4.32. The number of rotatable bonds is 5. The van der Waals surface area contributed by atoms with Crippen LogP contribution in [-0.4, -0.2) is 44.9 Å². The molecule has 1 unspecified atom stereocenters. The fraction of sp³-hybridized carbons (Fsp3) is 0.360. The van der Waals surface area contributed by atoms with E-state index in [0.29, 0.717) is 28.5 Å². The number of aryl methyl sites for hydroxylation is 1. The zero-order valence-electron chi connectivity index (χ0n) is 18.1. The molecule has 0 bridgehead atoms. The van der Waals surface area contributed by atoms with E-state index in [1.165, 1.54) is 12.8 Å². The fourth-order valence-corrected chi connectivity index (χ4v) is 4.85. The van der Waals surface area contributed by atoms with Crippen LogP contribution >= 0.6 is 11.6 Å². The van der Waals surface area contributed by atoms with Gasteiger partial charge in [-0.15, -0.1) is 0 Å². The summed E-state index contributed by atoms with van der Waals surface area (Å²) in [4.78, 5) is 29.0. The molecule has 7 heteroatoms. The van der Waals surface area contributed by atoms with Crippen molar-refractivity contribution in [3.05, 3.63) is 71.1 Å². The molecule has 1 N–H and O–H groups in total. The SMILES string of the molecule is Cc1ccc(-c2ncccn2)c(C(=O)N2CCC3(CC3)CC2CNc2cccc(Cl)n2)c1. The summed E-state index contributed by atoms with van der Waals surface area (Å²) in [5, 5.41) is 3.86. The molecule has 6 nitrogen and oxygen atoms in total. The van der Waals surface area contributed by atoms with E-state index in [-0.39, 0.29) is 11.9 Å². The van der Waals surface area contributed by atoms with Gasteiger partial charge >= 0.3 is 0 Å². The summed E-state index contributed by atoms with van der Waals surface area (Å²) in [6.45, 7) is 3.41. The number of halogens is 1. The fourth-order valence-electron chi connectivity index (χ4n) is 4.68. The average Bonchev–Trinajstić information content (AvgIpc) is 3.56. The van der Waals surface area contributed by atoms with Gasteiger partial charge in [-0.05, 0) is 62.3 Å². The number of nitrogens with one attached hydrogen (secondary N) is 1. The first-order valence-electron chi connectivity index (χ1n) is 11.1. The summed E-state index contributed by atoms with van der Waals surface area (Å²) in [5.41, 5.74) is 2.88. The third-order valence-corrected chi connectivity index (χ3v) is 6.87. The van der Waals surface area contributed by atoms with E-state index in [2.05, 4.69) is 20.3 Å². The first-order chi connectivity index (χ1) is 15.5. The van der Waals surface area contributed by atoms with Gasteiger partial charge in [0.15, 0.2) is 5.82 Å². The minimum absolute atomic E-state index is 0.0394. The van der Waals surface area contributed by atoms with E-state index in [4.69, 9.17) is 11.6 Å². The second-order valence-electron chi connectivity index (χ2n) is 8.95. The lowest BCUT2D eigenvalue weighted by molar-refractivity contribution is 0.0546. The Kier molecular flexibility index (Phi) is 5.55. The van der Waals surface area contributed by atoms with Crippen molar-refractivity contribution in [1.82, 2.24) is 19.9 Å². The summed E-state index contributed by atoms with van der Waals surface area (Å²) in [5.74, 6) is 1.34. The van der Waals surface area contributed by atoms with Gasteiger partial charge in [0.25, 0.3) is 5.91 Å². The minimum atomic E-state index is 0.0394. The number of carbonyl (C=O) groups excluding carboxylic acids is 1. The Morgan fingerprint density at radius 3 is 2.72 bits per heavy atom. The van der Waals surface area contributed by atoms with Gasteiger partial charge in [-0.3, -0.25) is 4.79 Å². The van der Waals surface area contributed by atoms with Gasteiger partial charge in [0.1, 0.15) is 11.0 Å². The highest BCUT2D eigenvalue weighted by Gasteiger charge is 2.49. The molecule has 1 atom stereocenters. The Hall–Kier alpha value is -2.99. The zero-order valence-corrected chi connectivity index (χ0v) is 18.8. The highest BCUT2D eigenvalue weighted by Crippen LogP contribution is 2.55. The molecule has 3 aromatic rings. The van der Waals surface area contributed by atoms with Crippen LogP contribution < -0.4 is 5.32 Å². The van der Waals surface area contributed by atoms with Crippen LogP contribution in [0.15, 0.2) is 54.9 Å². The second kappa shape index (κ2) is 8.51. The van der Waals surface area contributed by atoms with Crippen molar-refractivity contribution < 1.29 is 4.79 Å². The molecule has 1 aromatic carbocycles. The number of carbonyl (C=O) groups is 1. The molecule has 1 saturated heterocycles. The Bertz CT molecular complexity index is 1130. The van der Waals surface area contributed by atoms with E-state index in [0.717, 1.165) is 36.3 Å². The molecule has 1 amide bonds. The smallest absolute Gasteiger partial charge is 0.254 e. The van der Waals surface area contributed by atoms with Crippen molar-refractivity contribution in [1.29, 1.82) is 0 Å². The van der Waals surface area contributed by atoms with Crippen LogP contribution in [0.2, 0.25) is 5.15 Å². The molecule has 1 aliphatic heterocycles. The number of amides is 1.